The van der Waals surface area contributed by atoms with Crippen LogP contribution in [0.15, 0.2) is 18.2 Å². The lowest BCUT2D eigenvalue weighted by molar-refractivity contribution is -0.140. The standard InChI is InChI=1S/C11H13F4NO/c1-2-16-6-10(17)7-3-4-9(12)8(5-7)11(13,14)15/h3-5,10,16-17H,2,6H2,1H3. The first-order valence-electron chi connectivity index (χ1n) is 5.11. The van der Waals surface area contributed by atoms with Gasteiger partial charge in [0.25, 0.3) is 0 Å². The maximum atomic E-state index is 13.0. The summed E-state index contributed by atoms with van der Waals surface area (Å²) in [6.45, 7) is 2.52. The van der Waals surface area contributed by atoms with Gasteiger partial charge in [0.05, 0.1) is 11.7 Å². The van der Waals surface area contributed by atoms with Crippen molar-refractivity contribution in [2.45, 2.75) is 19.2 Å². The van der Waals surface area contributed by atoms with E-state index in [2.05, 4.69) is 5.32 Å². The van der Waals surface area contributed by atoms with Crippen molar-refractivity contribution in [2.24, 2.45) is 0 Å². The van der Waals surface area contributed by atoms with E-state index in [-0.39, 0.29) is 12.1 Å². The molecule has 0 heterocycles. The number of rotatable bonds is 4. The van der Waals surface area contributed by atoms with Gasteiger partial charge < -0.3 is 10.4 Å². The van der Waals surface area contributed by atoms with Crippen LogP contribution in [0.2, 0.25) is 0 Å². The van der Waals surface area contributed by atoms with Crippen molar-refractivity contribution in [3.8, 4) is 0 Å². The van der Waals surface area contributed by atoms with Crippen molar-refractivity contribution in [1.82, 2.24) is 5.32 Å². The molecule has 6 heteroatoms. The lowest BCUT2D eigenvalue weighted by atomic mass is 10.1. The predicted octanol–water partition coefficient (Wildman–Crippen LogP) is 2.49. The summed E-state index contributed by atoms with van der Waals surface area (Å²) < 4.78 is 50.2. The second-order valence-electron chi connectivity index (χ2n) is 3.56. The quantitative estimate of drug-likeness (QED) is 0.806. The topological polar surface area (TPSA) is 32.3 Å². The zero-order valence-electron chi connectivity index (χ0n) is 9.18. The van der Waals surface area contributed by atoms with Crippen LogP contribution in [0.25, 0.3) is 0 Å². The highest BCUT2D eigenvalue weighted by molar-refractivity contribution is 5.28. The number of halogens is 4. The minimum Gasteiger partial charge on any atom is -0.387 e. The zero-order chi connectivity index (χ0) is 13.1. The molecule has 0 amide bonds. The minimum absolute atomic E-state index is 0.0414. The lowest BCUT2D eigenvalue weighted by Gasteiger charge is -2.14. The molecule has 1 aromatic carbocycles. The molecule has 2 N–H and O–H groups in total. The van der Waals surface area contributed by atoms with Gasteiger partial charge in [-0.05, 0) is 24.2 Å². The third kappa shape index (κ3) is 3.67. The second kappa shape index (κ2) is 5.46. The summed E-state index contributed by atoms with van der Waals surface area (Å²) in [7, 11) is 0. The lowest BCUT2D eigenvalue weighted by Crippen LogP contribution is -2.21. The van der Waals surface area contributed by atoms with E-state index in [1.165, 1.54) is 0 Å². The van der Waals surface area contributed by atoms with Crippen LogP contribution in [-0.2, 0) is 6.18 Å². The highest BCUT2D eigenvalue weighted by atomic mass is 19.4. The van der Waals surface area contributed by atoms with Crippen LogP contribution in [0.1, 0.15) is 24.2 Å². The van der Waals surface area contributed by atoms with Gasteiger partial charge in [-0.2, -0.15) is 13.2 Å². The van der Waals surface area contributed by atoms with Crippen LogP contribution in [-0.4, -0.2) is 18.2 Å². The van der Waals surface area contributed by atoms with Gasteiger partial charge in [0.1, 0.15) is 5.82 Å². The fourth-order valence-electron chi connectivity index (χ4n) is 1.37. The van der Waals surface area contributed by atoms with Crippen molar-refractivity contribution in [1.29, 1.82) is 0 Å². The maximum Gasteiger partial charge on any atom is 0.419 e. The highest BCUT2D eigenvalue weighted by Gasteiger charge is 2.34. The molecule has 2 nitrogen and oxygen atoms in total. The molecule has 0 radical (unpaired) electrons. The third-order valence-corrected chi connectivity index (χ3v) is 2.27. The third-order valence-electron chi connectivity index (χ3n) is 2.27. The number of aliphatic hydroxyl groups is 1. The van der Waals surface area contributed by atoms with Crippen molar-refractivity contribution >= 4 is 0 Å². The molecule has 0 spiro atoms. The molecular weight excluding hydrogens is 238 g/mol. The molecule has 1 aromatic rings. The van der Waals surface area contributed by atoms with Crippen molar-refractivity contribution in [3.05, 3.63) is 35.1 Å². The Hall–Kier alpha value is -1.14. The average molecular weight is 251 g/mol. The zero-order valence-corrected chi connectivity index (χ0v) is 9.18. The van der Waals surface area contributed by atoms with Gasteiger partial charge in [0, 0.05) is 6.54 Å². The molecule has 1 rings (SSSR count). The number of benzene rings is 1. The molecule has 0 fully saturated rings. The normalized spacial score (nSPS) is 13.8. The summed E-state index contributed by atoms with van der Waals surface area (Å²) >= 11 is 0. The number of aliphatic hydroxyl groups excluding tert-OH is 1. The Labute approximate surface area is 96.3 Å². The Morgan fingerprint density at radius 1 is 1.35 bits per heavy atom. The summed E-state index contributed by atoms with van der Waals surface area (Å²) in [6, 6.07) is 2.50. The number of alkyl halides is 3. The Kier molecular flexibility index (Phi) is 4.47. The monoisotopic (exact) mass is 251 g/mol. The van der Waals surface area contributed by atoms with Crippen molar-refractivity contribution in [3.63, 3.8) is 0 Å². The van der Waals surface area contributed by atoms with Crippen LogP contribution in [0.3, 0.4) is 0 Å². The molecule has 0 aliphatic heterocycles. The van der Waals surface area contributed by atoms with Crippen LogP contribution in [0.4, 0.5) is 17.6 Å². The molecule has 1 unspecified atom stereocenters. The molecule has 0 aliphatic carbocycles. The van der Waals surface area contributed by atoms with E-state index >= 15 is 0 Å². The van der Waals surface area contributed by atoms with Gasteiger partial charge in [0.15, 0.2) is 0 Å². The molecule has 1 atom stereocenters. The fourth-order valence-corrected chi connectivity index (χ4v) is 1.37. The summed E-state index contributed by atoms with van der Waals surface area (Å²) in [6.07, 6.45) is -5.84. The van der Waals surface area contributed by atoms with Crippen LogP contribution in [0.5, 0.6) is 0 Å². The fraction of sp³-hybridized carbons (Fsp3) is 0.455. The number of nitrogens with one attached hydrogen (secondary N) is 1. The SMILES string of the molecule is CCNCC(O)c1ccc(F)c(C(F)(F)F)c1. The molecule has 0 aromatic heterocycles. The van der Waals surface area contributed by atoms with Gasteiger partial charge >= 0.3 is 6.18 Å². The van der Waals surface area contributed by atoms with E-state index in [4.69, 9.17) is 0 Å². The van der Waals surface area contributed by atoms with Gasteiger partial charge in [-0.15, -0.1) is 0 Å². The van der Waals surface area contributed by atoms with Crippen LogP contribution in [0, 0.1) is 5.82 Å². The largest absolute Gasteiger partial charge is 0.419 e. The Morgan fingerprint density at radius 2 is 2.00 bits per heavy atom. The van der Waals surface area contributed by atoms with Gasteiger partial charge in [-0.3, -0.25) is 0 Å². The summed E-state index contributed by atoms with van der Waals surface area (Å²) in [5, 5.41) is 12.4. The summed E-state index contributed by atoms with van der Waals surface area (Å²) in [4.78, 5) is 0. The van der Waals surface area contributed by atoms with Crippen LogP contribution < -0.4 is 5.32 Å². The van der Waals surface area contributed by atoms with Gasteiger partial charge in [-0.25, -0.2) is 4.39 Å². The van der Waals surface area contributed by atoms with E-state index in [0.29, 0.717) is 18.7 Å². The first-order valence-corrected chi connectivity index (χ1v) is 5.11. The van der Waals surface area contributed by atoms with E-state index < -0.39 is 23.7 Å². The molecular formula is C11H13F4NO. The molecule has 0 aliphatic rings. The molecule has 96 valence electrons. The van der Waals surface area contributed by atoms with Gasteiger partial charge in [0.2, 0.25) is 0 Å². The molecule has 0 saturated heterocycles. The number of likely N-dealkylation sites (N-methyl/N-ethyl adjacent to an activating group) is 1. The smallest absolute Gasteiger partial charge is 0.387 e. The van der Waals surface area contributed by atoms with E-state index in [0.717, 1.165) is 6.07 Å². The molecule has 0 bridgehead atoms. The summed E-state index contributed by atoms with van der Waals surface area (Å²) in [5.41, 5.74) is -1.31. The Balaban J connectivity index is 2.96. The molecule has 0 saturated carbocycles. The van der Waals surface area contributed by atoms with Crippen molar-refractivity contribution in [2.75, 3.05) is 13.1 Å². The number of hydrogen-bond acceptors (Lipinski definition) is 2. The summed E-state index contributed by atoms with van der Waals surface area (Å²) in [5.74, 6) is -1.34. The maximum absolute atomic E-state index is 13.0. The first-order chi connectivity index (χ1) is 7.86. The van der Waals surface area contributed by atoms with Crippen molar-refractivity contribution < 1.29 is 22.7 Å². The highest BCUT2D eigenvalue weighted by Crippen LogP contribution is 2.32. The van der Waals surface area contributed by atoms with Gasteiger partial charge in [-0.1, -0.05) is 13.0 Å². The molecule has 17 heavy (non-hydrogen) atoms. The first kappa shape index (κ1) is 13.9. The number of hydrogen-bond donors (Lipinski definition) is 2. The minimum atomic E-state index is -4.75. The van der Waals surface area contributed by atoms with E-state index in [1.54, 1.807) is 6.92 Å². The Morgan fingerprint density at radius 3 is 2.53 bits per heavy atom. The Bertz CT molecular complexity index is 378. The van der Waals surface area contributed by atoms with Crippen LogP contribution >= 0.6 is 0 Å². The average Bonchev–Trinajstić information content (AvgIpc) is 2.25. The predicted molar refractivity (Wildman–Crippen MR) is 54.9 cm³/mol. The van der Waals surface area contributed by atoms with E-state index in [9.17, 15) is 22.7 Å². The van der Waals surface area contributed by atoms with E-state index in [1.807, 2.05) is 0 Å². The second-order valence-corrected chi connectivity index (χ2v) is 3.56.